The van der Waals surface area contributed by atoms with Gasteiger partial charge < -0.3 is 9.97 Å². The fourth-order valence-electron chi connectivity index (χ4n) is 8.30. The Morgan fingerprint density at radius 2 is 1.10 bits per heavy atom. The summed E-state index contributed by atoms with van der Waals surface area (Å²) in [5, 5.41) is 7.20. The van der Waals surface area contributed by atoms with Crippen molar-refractivity contribution in [2.75, 3.05) is 0 Å². The number of aryl methyl sites for hydroxylation is 2. The van der Waals surface area contributed by atoms with Gasteiger partial charge in [0.1, 0.15) is 16.9 Å². The second-order valence-electron chi connectivity index (χ2n) is 13.7. The van der Waals surface area contributed by atoms with Gasteiger partial charge in [0.25, 0.3) is 0 Å². The van der Waals surface area contributed by atoms with E-state index < -0.39 is 0 Å². The van der Waals surface area contributed by atoms with Crippen molar-refractivity contribution in [3.8, 4) is 28.2 Å². The van der Waals surface area contributed by atoms with Crippen LogP contribution in [0.3, 0.4) is 0 Å². The molecule has 0 saturated carbocycles. The monoisotopic (exact) mass is 656 g/mol. The minimum absolute atomic E-state index is 0.940. The number of hydrogen-bond acceptors (Lipinski definition) is 1. The lowest BCUT2D eigenvalue weighted by Crippen LogP contribution is -1.99. The molecule has 6 nitrogen and oxygen atoms in total. The van der Waals surface area contributed by atoms with E-state index in [0.717, 1.165) is 56.0 Å². The number of aromatic amines is 2. The van der Waals surface area contributed by atoms with E-state index in [1.54, 1.807) is 0 Å². The summed E-state index contributed by atoms with van der Waals surface area (Å²) < 4.78 is 7.00. The number of fused-ring (bicyclic) bond motifs is 9. The van der Waals surface area contributed by atoms with Gasteiger partial charge in [-0.15, -0.1) is 0 Å². The van der Waals surface area contributed by atoms with Gasteiger partial charge in [0.05, 0.1) is 22.2 Å². The number of rotatable bonds is 4. The predicted molar refractivity (Wildman–Crippen MR) is 211 cm³/mol. The molecule has 51 heavy (non-hydrogen) atoms. The van der Waals surface area contributed by atoms with Crippen LogP contribution in [0.1, 0.15) is 11.1 Å². The molecule has 6 heteroatoms. The standard InChI is InChI=1S/C45H32N6/c1-27-9-13-30(14-10-27)49-41-17-12-29(25-37(41)35-20-23-47-43(35)49)32-6-3-4-8-39(32)51-42-18-15-31(26-38(42)33-7-5-21-46-45(33)51)50-40-16-11-28(2)24-36(40)34-19-22-48-44(34)50/h3-26,47-48H,1-2H3. The molecule has 11 rings (SSSR count). The number of nitrogens with one attached hydrogen (secondary N) is 2. The summed E-state index contributed by atoms with van der Waals surface area (Å²) in [6.07, 6.45) is 5.96. The smallest absolute Gasteiger partial charge is 0.145 e. The molecule has 0 aliphatic rings. The molecule has 0 aliphatic carbocycles. The molecule has 11 aromatic rings. The zero-order valence-corrected chi connectivity index (χ0v) is 28.1. The molecule has 0 unspecified atom stereocenters. The van der Waals surface area contributed by atoms with Crippen molar-refractivity contribution in [3.63, 3.8) is 0 Å². The maximum Gasteiger partial charge on any atom is 0.145 e. The molecule has 0 amide bonds. The minimum atomic E-state index is 0.940. The maximum absolute atomic E-state index is 4.99. The third kappa shape index (κ3) is 3.96. The Labute approximate surface area is 292 Å². The van der Waals surface area contributed by atoms with E-state index in [9.17, 15) is 0 Å². The number of H-pyrrole nitrogens is 2. The molecule has 6 heterocycles. The van der Waals surface area contributed by atoms with Crippen LogP contribution in [-0.2, 0) is 0 Å². The number of aromatic nitrogens is 6. The largest absolute Gasteiger partial charge is 0.347 e. The molecule has 242 valence electrons. The van der Waals surface area contributed by atoms with Gasteiger partial charge in [0.15, 0.2) is 0 Å². The highest BCUT2D eigenvalue weighted by molar-refractivity contribution is 6.12. The fourth-order valence-corrected chi connectivity index (χ4v) is 8.30. The zero-order chi connectivity index (χ0) is 33.8. The molecular formula is C45H32N6. The molecule has 0 spiro atoms. The quantitative estimate of drug-likeness (QED) is 0.195. The van der Waals surface area contributed by atoms with Gasteiger partial charge >= 0.3 is 0 Å². The molecule has 2 N–H and O–H groups in total. The van der Waals surface area contributed by atoms with Gasteiger partial charge in [0.2, 0.25) is 0 Å². The summed E-state index contributed by atoms with van der Waals surface area (Å²) >= 11 is 0. The molecule has 0 aliphatic heterocycles. The van der Waals surface area contributed by atoms with Gasteiger partial charge in [-0.3, -0.25) is 13.7 Å². The minimum Gasteiger partial charge on any atom is -0.347 e. The van der Waals surface area contributed by atoms with Crippen LogP contribution < -0.4 is 0 Å². The van der Waals surface area contributed by atoms with E-state index in [1.807, 2.05) is 24.7 Å². The van der Waals surface area contributed by atoms with Crippen LogP contribution >= 0.6 is 0 Å². The second-order valence-corrected chi connectivity index (χ2v) is 13.7. The highest BCUT2D eigenvalue weighted by atomic mass is 15.1. The first-order valence-electron chi connectivity index (χ1n) is 17.4. The van der Waals surface area contributed by atoms with E-state index >= 15 is 0 Å². The highest BCUT2D eigenvalue weighted by Gasteiger charge is 2.20. The Bertz CT molecular complexity index is 3160. The Hall–Kier alpha value is -6.79. The molecule has 6 aromatic heterocycles. The lowest BCUT2D eigenvalue weighted by molar-refractivity contribution is 1.13. The van der Waals surface area contributed by atoms with E-state index in [4.69, 9.17) is 4.98 Å². The average Bonchev–Trinajstić information content (AvgIpc) is 3.98. The third-order valence-electron chi connectivity index (χ3n) is 10.6. The topological polar surface area (TPSA) is 59.3 Å². The number of hydrogen-bond donors (Lipinski definition) is 2. The van der Waals surface area contributed by atoms with Crippen LogP contribution in [0.2, 0.25) is 0 Å². The first-order chi connectivity index (χ1) is 25.1. The van der Waals surface area contributed by atoms with E-state index in [1.165, 1.54) is 49.1 Å². The molecule has 0 bridgehead atoms. The maximum atomic E-state index is 4.99. The van der Waals surface area contributed by atoms with Crippen molar-refractivity contribution in [2.45, 2.75) is 13.8 Å². The summed E-state index contributed by atoms with van der Waals surface area (Å²) in [6, 6.07) is 46.4. The molecule has 5 aromatic carbocycles. The van der Waals surface area contributed by atoms with E-state index in [0.29, 0.717) is 0 Å². The molecule has 0 radical (unpaired) electrons. The number of nitrogens with zero attached hydrogens (tertiary/aromatic N) is 4. The van der Waals surface area contributed by atoms with Crippen molar-refractivity contribution < 1.29 is 0 Å². The van der Waals surface area contributed by atoms with E-state index in [-0.39, 0.29) is 0 Å². The van der Waals surface area contributed by atoms with Gasteiger partial charge in [-0.25, -0.2) is 4.98 Å². The summed E-state index contributed by atoms with van der Waals surface area (Å²) in [6.45, 7) is 4.28. The average molecular weight is 657 g/mol. The van der Waals surface area contributed by atoms with Crippen molar-refractivity contribution in [3.05, 3.63) is 157 Å². The van der Waals surface area contributed by atoms with Crippen molar-refractivity contribution in [1.29, 1.82) is 0 Å². The number of benzene rings is 5. The highest BCUT2D eigenvalue weighted by Crippen LogP contribution is 2.40. The molecule has 0 fully saturated rings. The summed E-state index contributed by atoms with van der Waals surface area (Å²) in [5.74, 6) is 0. The molecular weight excluding hydrogens is 625 g/mol. The Balaban J connectivity index is 1.12. The Morgan fingerprint density at radius 3 is 1.90 bits per heavy atom. The summed E-state index contributed by atoms with van der Waals surface area (Å²) in [7, 11) is 0. The SMILES string of the molecule is Cc1ccc(-n2c3ccc(-c4ccccc4-n4c5ccc(-n6c7ccc(C)cc7c7cc[nH]c76)cc5c5cccnc54)cc3c3cc[nH]c32)cc1. The number of para-hydroxylation sites is 1. The van der Waals surface area contributed by atoms with Gasteiger partial charge in [0, 0.05) is 67.8 Å². The van der Waals surface area contributed by atoms with Crippen LogP contribution in [-0.4, -0.2) is 28.7 Å². The zero-order valence-electron chi connectivity index (χ0n) is 28.1. The van der Waals surface area contributed by atoms with Crippen LogP contribution in [0.4, 0.5) is 0 Å². The first kappa shape index (κ1) is 28.1. The lowest BCUT2D eigenvalue weighted by atomic mass is 10.0. The fraction of sp³-hybridized carbons (Fsp3) is 0.0444. The van der Waals surface area contributed by atoms with Gasteiger partial charge in [-0.05, 0) is 104 Å². The first-order valence-corrected chi connectivity index (χ1v) is 17.4. The number of pyridine rings is 1. The van der Waals surface area contributed by atoms with Crippen LogP contribution in [0.25, 0.3) is 94.0 Å². The summed E-state index contributed by atoms with van der Waals surface area (Å²) in [4.78, 5) is 12.0. The molecule has 0 atom stereocenters. The summed E-state index contributed by atoms with van der Waals surface area (Å²) in [5.41, 5.74) is 14.8. The Kier molecular flexibility index (Phi) is 5.71. The van der Waals surface area contributed by atoms with Crippen LogP contribution in [0.15, 0.2) is 146 Å². The second kappa shape index (κ2) is 10.4. The normalized spacial score (nSPS) is 12.1. The lowest BCUT2D eigenvalue weighted by Gasteiger charge is -2.14. The van der Waals surface area contributed by atoms with Crippen molar-refractivity contribution >= 4 is 65.8 Å². The van der Waals surface area contributed by atoms with Gasteiger partial charge in [-0.2, -0.15) is 0 Å². The predicted octanol–water partition coefficient (Wildman–Crippen LogP) is 11.3. The Morgan fingerprint density at radius 1 is 0.471 bits per heavy atom. The van der Waals surface area contributed by atoms with Crippen molar-refractivity contribution in [2.24, 2.45) is 0 Å². The van der Waals surface area contributed by atoms with E-state index in [2.05, 4.69) is 159 Å². The van der Waals surface area contributed by atoms with Gasteiger partial charge in [-0.1, -0.05) is 53.6 Å². The third-order valence-corrected chi connectivity index (χ3v) is 10.6. The van der Waals surface area contributed by atoms with Crippen LogP contribution in [0, 0.1) is 13.8 Å². The van der Waals surface area contributed by atoms with Crippen LogP contribution in [0.5, 0.6) is 0 Å². The van der Waals surface area contributed by atoms with Crippen molar-refractivity contribution in [1.82, 2.24) is 28.7 Å². The molecule has 0 saturated heterocycles.